The van der Waals surface area contributed by atoms with Gasteiger partial charge in [0.2, 0.25) is 7.37 Å². The maximum absolute atomic E-state index is 11.3. The lowest BCUT2D eigenvalue weighted by atomic mass is 10.2. The Morgan fingerprint density at radius 3 is 2.22 bits per heavy atom. The Balaban J connectivity index is 4.70. The first kappa shape index (κ1) is 16.7. The third-order valence-corrected chi connectivity index (χ3v) is 2.36. The number of nitrogens with one attached hydrogen (secondary N) is 1. The quantitative estimate of drug-likeness (QED) is 0.529. The van der Waals surface area contributed by atoms with E-state index in [-0.39, 0.29) is 6.16 Å². The summed E-state index contributed by atoms with van der Waals surface area (Å²) >= 11 is 0. The highest BCUT2D eigenvalue weighted by Crippen LogP contribution is 2.34. The van der Waals surface area contributed by atoms with Gasteiger partial charge in [0.1, 0.15) is 11.3 Å². The molecule has 0 spiro atoms. The van der Waals surface area contributed by atoms with Crippen LogP contribution in [0.3, 0.4) is 0 Å². The second kappa shape index (κ2) is 6.02. The molecule has 0 saturated carbocycles. The molecule has 1 amide bonds. The number of aliphatic carboxylic acids is 1. The van der Waals surface area contributed by atoms with E-state index in [0.717, 1.165) is 12.7 Å². The first-order valence-corrected chi connectivity index (χ1v) is 7.43. The average Bonchev–Trinajstić information content (AvgIpc) is 2.06. The molecule has 1 unspecified atom stereocenters. The number of amides is 1. The highest BCUT2D eigenvalue weighted by Gasteiger charge is 2.20. The van der Waals surface area contributed by atoms with Gasteiger partial charge in [-0.3, -0.25) is 9.88 Å². The van der Waals surface area contributed by atoms with E-state index in [2.05, 4.69) is 0 Å². The zero-order valence-corrected chi connectivity index (χ0v) is 11.7. The van der Waals surface area contributed by atoms with Gasteiger partial charge >= 0.3 is 12.1 Å². The summed E-state index contributed by atoms with van der Waals surface area (Å²) in [7, 11) is -3.38. The minimum Gasteiger partial charge on any atom is -0.477 e. The molecule has 0 aromatic carbocycles. The molecule has 0 aliphatic carbocycles. The highest BCUT2D eigenvalue weighted by molar-refractivity contribution is 7.57. The van der Waals surface area contributed by atoms with Gasteiger partial charge in [0.25, 0.3) is 0 Å². The molecule has 8 heteroatoms. The van der Waals surface area contributed by atoms with Gasteiger partial charge in [0.05, 0.1) is 0 Å². The lowest BCUT2D eigenvalue weighted by Crippen LogP contribution is -2.34. The van der Waals surface area contributed by atoms with Crippen molar-refractivity contribution in [3.05, 3.63) is 11.8 Å². The van der Waals surface area contributed by atoms with E-state index in [0.29, 0.717) is 0 Å². The maximum Gasteiger partial charge on any atom is 0.412 e. The van der Waals surface area contributed by atoms with Crippen molar-refractivity contribution >= 4 is 19.4 Å². The summed E-state index contributed by atoms with van der Waals surface area (Å²) in [6.45, 7) is 5.98. The summed E-state index contributed by atoms with van der Waals surface area (Å²) in [5.74, 6) is -1.41. The Morgan fingerprint density at radius 2 is 1.89 bits per heavy atom. The van der Waals surface area contributed by atoms with Crippen LogP contribution in [0.5, 0.6) is 0 Å². The van der Waals surface area contributed by atoms with Crippen LogP contribution in [0, 0.1) is 0 Å². The molecule has 0 aliphatic rings. The predicted octanol–water partition coefficient (Wildman–Crippen LogP) is 1.38. The largest absolute Gasteiger partial charge is 0.477 e. The molecule has 18 heavy (non-hydrogen) atoms. The summed E-state index contributed by atoms with van der Waals surface area (Å²) < 4.78 is 15.9. The number of hydrogen-bond donors (Lipinski definition) is 3. The van der Waals surface area contributed by atoms with Crippen molar-refractivity contribution in [2.24, 2.45) is 0 Å². The standard InChI is InChI=1S/C10H18NO6P/c1-10(2,3)17-9(14)11-7(8(12)13)5-6-18(4,15)16/h5H,6H2,1-4H3,(H,11,14)(H,12,13)(H,15,16)/b7-5-. The van der Waals surface area contributed by atoms with Crippen LogP contribution >= 0.6 is 7.37 Å². The molecule has 0 saturated heterocycles. The van der Waals surface area contributed by atoms with Crippen molar-refractivity contribution in [1.82, 2.24) is 5.32 Å². The fourth-order valence-corrected chi connectivity index (χ4v) is 1.39. The molecule has 7 nitrogen and oxygen atoms in total. The molecule has 0 heterocycles. The van der Waals surface area contributed by atoms with Gasteiger partial charge in [0, 0.05) is 12.8 Å². The van der Waals surface area contributed by atoms with E-state index < -0.39 is 30.7 Å². The molecule has 0 rings (SSSR count). The van der Waals surface area contributed by atoms with Gasteiger partial charge in [-0.05, 0) is 26.8 Å². The molecule has 1 atom stereocenters. The van der Waals surface area contributed by atoms with Crippen LogP contribution in [-0.2, 0) is 14.1 Å². The number of carbonyl (C=O) groups is 2. The molecule has 0 aliphatic heterocycles. The summed E-state index contributed by atoms with van der Waals surface area (Å²) in [6.07, 6.45) is -0.294. The monoisotopic (exact) mass is 279 g/mol. The number of carbonyl (C=O) groups excluding carboxylic acids is 1. The second-order valence-corrected chi connectivity index (χ2v) is 7.25. The molecule has 0 aromatic rings. The van der Waals surface area contributed by atoms with Crippen molar-refractivity contribution in [2.75, 3.05) is 12.8 Å². The minimum absolute atomic E-state index is 0.343. The zero-order chi connectivity index (χ0) is 14.6. The second-order valence-electron chi connectivity index (χ2n) is 4.78. The van der Waals surface area contributed by atoms with Crippen LogP contribution in [0.2, 0.25) is 0 Å². The number of hydrogen-bond acceptors (Lipinski definition) is 4. The van der Waals surface area contributed by atoms with E-state index in [1.54, 1.807) is 20.8 Å². The summed E-state index contributed by atoms with van der Waals surface area (Å²) in [5.41, 5.74) is -1.24. The van der Waals surface area contributed by atoms with Gasteiger partial charge in [-0.1, -0.05) is 0 Å². The van der Waals surface area contributed by atoms with Crippen LogP contribution in [0.4, 0.5) is 4.79 Å². The maximum atomic E-state index is 11.3. The Hall–Kier alpha value is -1.33. The van der Waals surface area contributed by atoms with Crippen molar-refractivity contribution in [3.63, 3.8) is 0 Å². The SMILES string of the molecule is CC(C)(C)OC(=O)N/C(=C\CP(C)(=O)O)C(=O)O. The topological polar surface area (TPSA) is 113 Å². The van der Waals surface area contributed by atoms with E-state index in [9.17, 15) is 14.2 Å². The zero-order valence-electron chi connectivity index (χ0n) is 10.8. The smallest absolute Gasteiger partial charge is 0.412 e. The predicted molar refractivity (Wildman–Crippen MR) is 65.7 cm³/mol. The van der Waals surface area contributed by atoms with E-state index in [4.69, 9.17) is 14.7 Å². The average molecular weight is 279 g/mol. The van der Waals surface area contributed by atoms with Gasteiger partial charge in [-0.25, -0.2) is 9.59 Å². The van der Waals surface area contributed by atoms with Gasteiger partial charge in [0.15, 0.2) is 0 Å². The van der Waals surface area contributed by atoms with Crippen LogP contribution < -0.4 is 5.32 Å². The first-order chi connectivity index (χ1) is 7.91. The normalized spacial score (nSPS) is 15.7. The Bertz CT molecular complexity index is 403. The van der Waals surface area contributed by atoms with E-state index in [1.807, 2.05) is 5.32 Å². The molecule has 0 radical (unpaired) electrons. The number of carboxylic acids is 1. The van der Waals surface area contributed by atoms with Crippen molar-refractivity contribution in [2.45, 2.75) is 26.4 Å². The van der Waals surface area contributed by atoms with E-state index >= 15 is 0 Å². The van der Waals surface area contributed by atoms with Crippen LogP contribution in [0.1, 0.15) is 20.8 Å². The number of rotatable bonds is 4. The van der Waals surface area contributed by atoms with Crippen LogP contribution in [0.15, 0.2) is 11.8 Å². The third kappa shape index (κ3) is 8.78. The van der Waals surface area contributed by atoms with Gasteiger partial charge in [-0.2, -0.15) is 0 Å². The highest BCUT2D eigenvalue weighted by atomic mass is 31.2. The molecule has 0 bridgehead atoms. The Kier molecular flexibility index (Phi) is 5.57. The lowest BCUT2D eigenvalue weighted by Gasteiger charge is -2.19. The summed E-state index contributed by atoms with van der Waals surface area (Å²) in [5, 5.41) is 10.8. The molecular formula is C10H18NO6P. The van der Waals surface area contributed by atoms with Gasteiger partial charge < -0.3 is 14.7 Å². The molecule has 0 aromatic heterocycles. The number of carboxylic acid groups (broad SMARTS) is 1. The fourth-order valence-electron chi connectivity index (χ4n) is 0.866. The van der Waals surface area contributed by atoms with Gasteiger partial charge in [-0.15, -0.1) is 0 Å². The van der Waals surface area contributed by atoms with Crippen molar-refractivity contribution in [1.29, 1.82) is 0 Å². The Morgan fingerprint density at radius 1 is 1.39 bits per heavy atom. The Labute approximate surface area is 105 Å². The number of allylic oxidation sites excluding steroid dienone is 1. The third-order valence-electron chi connectivity index (χ3n) is 1.50. The number of alkyl carbamates (subject to hydrolysis) is 1. The number of ether oxygens (including phenoxy) is 1. The van der Waals surface area contributed by atoms with Crippen LogP contribution in [-0.4, -0.2) is 40.5 Å². The molecular weight excluding hydrogens is 261 g/mol. The van der Waals surface area contributed by atoms with Crippen molar-refractivity contribution in [3.8, 4) is 0 Å². The summed E-state index contributed by atoms with van der Waals surface area (Å²) in [6, 6.07) is 0. The van der Waals surface area contributed by atoms with E-state index in [1.165, 1.54) is 0 Å². The summed E-state index contributed by atoms with van der Waals surface area (Å²) in [4.78, 5) is 31.2. The van der Waals surface area contributed by atoms with Crippen molar-refractivity contribution < 1.29 is 28.9 Å². The molecule has 0 fully saturated rings. The lowest BCUT2D eigenvalue weighted by molar-refractivity contribution is -0.133. The van der Waals surface area contributed by atoms with Crippen LogP contribution in [0.25, 0.3) is 0 Å². The molecule has 104 valence electrons. The first-order valence-electron chi connectivity index (χ1n) is 5.13. The fraction of sp³-hybridized carbons (Fsp3) is 0.600. The minimum atomic E-state index is -3.38. The molecule has 3 N–H and O–H groups in total.